The Morgan fingerprint density at radius 2 is 2.21 bits per heavy atom. The number of rotatable bonds is 5. The SMILES string of the molecule is O=C(O)CCCN1C(=O)/C(=C\c2cc3c(s2)-c2cc(Cl)ccc2OC3)SC1=S. The summed E-state index contributed by atoms with van der Waals surface area (Å²) in [7, 11) is 0. The number of aliphatic carboxylic acids is 1. The van der Waals surface area contributed by atoms with Crippen molar-refractivity contribution in [1.82, 2.24) is 4.90 Å². The molecule has 0 unspecified atom stereocenters. The second-order valence-corrected chi connectivity index (χ2v) is 9.46. The molecule has 0 spiro atoms. The Hall–Kier alpha value is -1.87. The van der Waals surface area contributed by atoms with Crippen LogP contribution in [0.4, 0.5) is 0 Å². The molecule has 2 aliphatic rings. The number of hydrogen-bond donors (Lipinski definition) is 1. The predicted octanol–water partition coefficient (Wildman–Crippen LogP) is 5.03. The highest BCUT2D eigenvalue weighted by Crippen LogP contribution is 2.44. The average molecular weight is 452 g/mol. The van der Waals surface area contributed by atoms with Gasteiger partial charge < -0.3 is 9.84 Å². The van der Waals surface area contributed by atoms with E-state index in [4.69, 9.17) is 33.7 Å². The third-order valence-electron chi connectivity index (χ3n) is 4.32. The van der Waals surface area contributed by atoms with E-state index in [1.807, 2.05) is 24.3 Å². The van der Waals surface area contributed by atoms with Crippen LogP contribution in [0.3, 0.4) is 0 Å². The second kappa shape index (κ2) is 7.87. The summed E-state index contributed by atoms with van der Waals surface area (Å²) in [5, 5.41) is 9.41. The lowest BCUT2D eigenvalue weighted by atomic mass is 10.1. The average Bonchev–Trinajstić information content (AvgIpc) is 3.17. The smallest absolute Gasteiger partial charge is 0.303 e. The number of thiophene rings is 1. The molecule has 0 aliphatic carbocycles. The van der Waals surface area contributed by atoms with E-state index in [0.717, 1.165) is 26.6 Å². The Morgan fingerprint density at radius 1 is 1.39 bits per heavy atom. The first-order chi connectivity index (χ1) is 13.4. The lowest BCUT2D eigenvalue weighted by Gasteiger charge is -2.17. The van der Waals surface area contributed by atoms with Crippen molar-refractivity contribution in [2.24, 2.45) is 0 Å². The minimum atomic E-state index is -0.882. The highest BCUT2D eigenvalue weighted by atomic mass is 35.5. The Balaban J connectivity index is 1.57. The van der Waals surface area contributed by atoms with Crippen LogP contribution in [-0.4, -0.2) is 32.7 Å². The van der Waals surface area contributed by atoms with Gasteiger partial charge in [0, 0.05) is 38.9 Å². The van der Waals surface area contributed by atoms with E-state index in [1.54, 1.807) is 17.4 Å². The van der Waals surface area contributed by atoms with Gasteiger partial charge in [0.05, 0.1) is 4.91 Å². The number of ether oxygens (including phenoxy) is 1. The number of carboxylic acid groups (broad SMARTS) is 1. The zero-order valence-corrected chi connectivity index (χ0v) is 17.6. The van der Waals surface area contributed by atoms with Gasteiger partial charge in [-0.2, -0.15) is 0 Å². The highest BCUT2D eigenvalue weighted by molar-refractivity contribution is 8.26. The normalized spacial score (nSPS) is 16.9. The van der Waals surface area contributed by atoms with E-state index in [0.29, 0.717) is 33.8 Å². The molecular formula is C19H14ClNO4S3. The quantitative estimate of drug-likeness (QED) is 0.508. The van der Waals surface area contributed by atoms with Gasteiger partial charge >= 0.3 is 5.97 Å². The first kappa shape index (κ1) is 19.4. The first-order valence-corrected chi connectivity index (χ1v) is 10.9. The summed E-state index contributed by atoms with van der Waals surface area (Å²) in [6.45, 7) is 0.791. The molecule has 0 saturated carbocycles. The number of carbonyl (C=O) groups excluding carboxylic acids is 1. The number of halogens is 1. The molecule has 0 atom stereocenters. The van der Waals surface area contributed by atoms with Gasteiger partial charge in [0.25, 0.3) is 5.91 Å². The number of carbonyl (C=O) groups is 2. The fraction of sp³-hybridized carbons (Fsp3) is 0.211. The Kier molecular flexibility index (Phi) is 5.46. The minimum absolute atomic E-state index is 0.00964. The van der Waals surface area contributed by atoms with Crippen molar-refractivity contribution in [1.29, 1.82) is 0 Å². The summed E-state index contributed by atoms with van der Waals surface area (Å²) >= 11 is 14.2. The zero-order chi connectivity index (χ0) is 19.8. The molecule has 0 bridgehead atoms. The van der Waals surface area contributed by atoms with Gasteiger partial charge in [0.15, 0.2) is 0 Å². The number of amides is 1. The molecule has 1 aromatic carbocycles. The second-order valence-electron chi connectivity index (χ2n) is 6.26. The summed E-state index contributed by atoms with van der Waals surface area (Å²) in [6.07, 6.45) is 2.22. The van der Waals surface area contributed by atoms with Crippen molar-refractivity contribution >= 4 is 69.2 Å². The first-order valence-electron chi connectivity index (χ1n) is 8.45. The lowest BCUT2D eigenvalue weighted by Crippen LogP contribution is -2.29. The van der Waals surface area contributed by atoms with E-state index in [2.05, 4.69) is 0 Å². The largest absolute Gasteiger partial charge is 0.488 e. The maximum Gasteiger partial charge on any atom is 0.303 e. The predicted molar refractivity (Wildman–Crippen MR) is 116 cm³/mol. The van der Waals surface area contributed by atoms with Gasteiger partial charge in [-0.25, -0.2) is 0 Å². The van der Waals surface area contributed by atoms with Crippen LogP contribution in [0.5, 0.6) is 5.75 Å². The number of hydrogen-bond acceptors (Lipinski definition) is 6. The number of thiocarbonyl (C=S) groups is 1. The van der Waals surface area contributed by atoms with Gasteiger partial charge in [-0.15, -0.1) is 11.3 Å². The van der Waals surface area contributed by atoms with E-state index in [-0.39, 0.29) is 12.3 Å². The number of fused-ring (bicyclic) bond motifs is 3. The topological polar surface area (TPSA) is 66.8 Å². The Bertz CT molecular complexity index is 1030. The van der Waals surface area contributed by atoms with Gasteiger partial charge in [-0.3, -0.25) is 14.5 Å². The van der Waals surface area contributed by atoms with Crippen LogP contribution in [0, 0.1) is 0 Å². The van der Waals surface area contributed by atoms with E-state index < -0.39 is 5.97 Å². The summed E-state index contributed by atoms with van der Waals surface area (Å²) in [5.41, 5.74) is 2.02. The van der Waals surface area contributed by atoms with Crippen molar-refractivity contribution in [3.63, 3.8) is 0 Å². The van der Waals surface area contributed by atoms with Crippen LogP contribution in [-0.2, 0) is 16.2 Å². The molecule has 2 aliphatic heterocycles. The molecule has 1 N–H and O–H groups in total. The molecule has 1 amide bonds. The van der Waals surface area contributed by atoms with Gasteiger partial charge in [0.2, 0.25) is 0 Å². The van der Waals surface area contributed by atoms with Crippen molar-refractivity contribution in [3.8, 4) is 16.2 Å². The summed E-state index contributed by atoms with van der Waals surface area (Å²) < 4.78 is 6.25. The molecule has 0 radical (unpaired) electrons. The maximum absolute atomic E-state index is 12.6. The summed E-state index contributed by atoms with van der Waals surface area (Å²) in [5.74, 6) is -0.255. The maximum atomic E-state index is 12.6. The monoisotopic (exact) mass is 451 g/mol. The van der Waals surface area contributed by atoms with Crippen LogP contribution >= 0.6 is 46.9 Å². The standard InChI is InChI=1S/C19H14ClNO4S3/c20-11-3-4-14-13(7-11)17-10(9-25-14)6-12(27-17)8-15-18(24)21(19(26)28-15)5-1-2-16(22)23/h3-4,6-8H,1-2,5,9H2,(H,22,23)/b15-8+. The molecule has 2 aromatic rings. The number of nitrogens with zero attached hydrogens (tertiary/aromatic N) is 1. The third kappa shape index (κ3) is 3.82. The molecule has 1 saturated heterocycles. The van der Waals surface area contributed by atoms with Crippen LogP contribution in [0.25, 0.3) is 16.5 Å². The number of carboxylic acids is 1. The molecule has 3 heterocycles. The molecular weight excluding hydrogens is 438 g/mol. The van der Waals surface area contributed by atoms with Crippen LogP contribution in [0.2, 0.25) is 5.02 Å². The summed E-state index contributed by atoms with van der Waals surface area (Å²) in [4.78, 5) is 27.4. The molecule has 28 heavy (non-hydrogen) atoms. The lowest BCUT2D eigenvalue weighted by molar-refractivity contribution is -0.137. The van der Waals surface area contributed by atoms with Crippen molar-refractivity contribution in [3.05, 3.63) is 44.6 Å². The van der Waals surface area contributed by atoms with Gasteiger partial charge in [0.1, 0.15) is 16.7 Å². The Morgan fingerprint density at radius 3 is 3.00 bits per heavy atom. The molecule has 1 fully saturated rings. The number of benzene rings is 1. The molecule has 4 rings (SSSR count). The highest BCUT2D eigenvalue weighted by Gasteiger charge is 2.32. The molecule has 144 valence electrons. The van der Waals surface area contributed by atoms with Crippen LogP contribution < -0.4 is 4.74 Å². The van der Waals surface area contributed by atoms with E-state index in [9.17, 15) is 9.59 Å². The molecule has 5 nitrogen and oxygen atoms in total. The fourth-order valence-corrected chi connectivity index (χ4v) is 5.71. The fourth-order valence-electron chi connectivity index (χ4n) is 3.03. The van der Waals surface area contributed by atoms with Crippen LogP contribution in [0.1, 0.15) is 23.3 Å². The summed E-state index contributed by atoms with van der Waals surface area (Å²) in [6, 6.07) is 7.57. The van der Waals surface area contributed by atoms with Gasteiger partial charge in [-0.05, 0) is 36.8 Å². The van der Waals surface area contributed by atoms with Crippen molar-refractivity contribution in [2.75, 3.05) is 6.54 Å². The molecule has 9 heteroatoms. The van der Waals surface area contributed by atoms with Crippen LogP contribution in [0.15, 0.2) is 29.2 Å². The third-order valence-corrected chi connectivity index (χ3v) is 7.09. The van der Waals surface area contributed by atoms with Crippen molar-refractivity contribution in [2.45, 2.75) is 19.4 Å². The zero-order valence-electron chi connectivity index (χ0n) is 14.4. The van der Waals surface area contributed by atoms with Crippen molar-refractivity contribution < 1.29 is 19.4 Å². The number of thioether (sulfide) groups is 1. The van der Waals surface area contributed by atoms with E-state index in [1.165, 1.54) is 16.7 Å². The molecule has 1 aromatic heterocycles. The van der Waals surface area contributed by atoms with Gasteiger partial charge in [-0.1, -0.05) is 35.6 Å². The Labute approximate surface area is 179 Å². The van der Waals surface area contributed by atoms with E-state index >= 15 is 0 Å². The minimum Gasteiger partial charge on any atom is -0.488 e.